The maximum Gasteiger partial charge on any atom is 0.227 e. The van der Waals surface area contributed by atoms with Crippen LogP contribution in [0.1, 0.15) is 32.1 Å². The highest BCUT2D eigenvalue weighted by molar-refractivity contribution is 5.79. The molecule has 1 unspecified atom stereocenters. The summed E-state index contributed by atoms with van der Waals surface area (Å²) in [6.07, 6.45) is 4.29. The molecular formula is C19H34N4O3. The van der Waals surface area contributed by atoms with Gasteiger partial charge >= 0.3 is 0 Å². The van der Waals surface area contributed by atoms with Crippen LogP contribution in [0.3, 0.4) is 0 Å². The molecule has 0 aromatic heterocycles. The lowest BCUT2D eigenvalue weighted by Gasteiger charge is -2.43. The highest BCUT2D eigenvalue weighted by Crippen LogP contribution is 2.25. The molecule has 26 heavy (non-hydrogen) atoms. The normalized spacial score (nSPS) is 26.9. The molecule has 3 fully saturated rings. The maximum absolute atomic E-state index is 12.9. The molecule has 0 aromatic rings. The van der Waals surface area contributed by atoms with Crippen LogP contribution in [0.5, 0.6) is 0 Å². The molecular weight excluding hydrogens is 332 g/mol. The van der Waals surface area contributed by atoms with E-state index in [-0.39, 0.29) is 24.9 Å². The van der Waals surface area contributed by atoms with Gasteiger partial charge in [0, 0.05) is 58.3 Å². The van der Waals surface area contributed by atoms with Gasteiger partial charge in [-0.2, -0.15) is 0 Å². The van der Waals surface area contributed by atoms with Crippen molar-refractivity contribution in [2.24, 2.45) is 5.92 Å². The minimum absolute atomic E-state index is 0.0627. The lowest BCUT2D eigenvalue weighted by molar-refractivity contribution is -0.139. The summed E-state index contributed by atoms with van der Waals surface area (Å²) in [6, 6.07) is 0.483. The zero-order valence-electron chi connectivity index (χ0n) is 16.1. The van der Waals surface area contributed by atoms with Gasteiger partial charge in [-0.3, -0.25) is 14.5 Å². The molecule has 1 atom stereocenters. The maximum atomic E-state index is 12.9. The number of carbonyl (C=O) groups is 2. The van der Waals surface area contributed by atoms with E-state index in [0.717, 1.165) is 78.0 Å². The first-order valence-corrected chi connectivity index (χ1v) is 10.2. The van der Waals surface area contributed by atoms with Crippen molar-refractivity contribution in [3.63, 3.8) is 0 Å². The van der Waals surface area contributed by atoms with Gasteiger partial charge in [-0.05, 0) is 39.3 Å². The Hall–Kier alpha value is -1.18. The van der Waals surface area contributed by atoms with E-state index in [1.165, 1.54) is 0 Å². The Morgan fingerprint density at radius 3 is 2.27 bits per heavy atom. The largest absolute Gasteiger partial charge is 0.396 e. The Balaban J connectivity index is 1.48. The predicted octanol–water partition coefficient (Wildman–Crippen LogP) is -0.154. The first-order chi connectivity index (χ1) is 12.6. The standard InChI is InChI=1S/C19H34N4O3/c1-20-10-12-22(13-11-20)19(26)16-3-2-7-23(15-16)17-4-8-21(9-5-17)18(25)6-14-24/h16-17,24H,2-15H2,1H3. The van der Waals surface area contributed by atoms with E-state index < -0.39 is 0 Å². The fourth-order valence-electron chi connectivity index (χ4n) is 4.56. The molecule has 1 N–H and O–H groups in total. The summed E-state index contributed by atoms with van der Waals surface area (Å²) in [7, 11) is 2.11. The molecule has 2 amide bonds. The number of aliphatic hydroxyl groups excluding tert-OH is 1. The van der Waals surface area contributed by atoms with Gasteiger partial charge in [-0.25, -0.2) is 0 Å². The Morgan fingerprint density at radius 1 is 0.923 bits per heavy atom. The van der Waals surface area contributed by atoms with Crippen molar-refractivity contribution in [2.75, 3.05) is 66.0 Å². The number of amides is 2. The van der Waals surface area contributed by atoms with Crippen LogP contribution in [0.15, 0.2) is 0 Å². The number of nitrogens with zero attached hydrogens (tertiary/aromatic N) is 4. The molecule has 3 heterocycles. The smallest absolute Gasteiger partial charge is 0.227 e. The molecule has 3 aliphatic heterocycles. The van der Waals surface area contributed by atoms with Crippen molar-refractivity contribution >= 4 is 11.8 Å². The third kappa shape index (κ3) is 4.75. The fourth-order valence-corrected chi connectivity index (χ4v) is 4.56. The topological polar surface area (TPSA) is 67.3 Å². The van der Waals surface area contributed by atoms with Crippen LogP contribution in [0.2, 0.25) is 0 Å². The summed E-state index contributed by atoms with van der Waals surface area (Å²) < 4.78 is 0. The highest BCUT2D eigenvalue weighted by Gasteiger charge is 2.34. The van der Waals surface area contributed by atoms with E-state index in [2.05, 4.69) is 21.7 Å². The summed E-state index contributed by atoms with van der Waals surface area (Å²) in [5.41, 5.74) is 0. The average molecular weight is 367 g/mol. The fraction of sp³-hybridized carbons (Fsp3) is 0.895. The van der Waals surface area contributed by atoms with Crippen LogP contribution in [0.4, 0.5) is 0 Å². The zero-order chi connectivity index (χ0) is 18.5. The third-order valence-electron chi connectivity index (χ3n) is 6.28. The molecule has 0 aliphatic carbocycles. The first kappa shape index (κ1) is 19.6. The monoisotopic (exact) mass is 366 g/mol. The molecule has 7 nitrogen and oxygen atoms in total. The minimum Gasteiger partial charge on any atom is -0.396 e. The van der Waals surface area contributed by atoms with Crippen molar-refractivity contribution < 1.29 is 14.7 Å². The van der Waals surface area contributed by atoms with Gasteiger partial charge in [0.15, 0.2) is 0 Å². The van der Waals surface area contributed by atoms with Crippen LogP contribution in [0, 0.1) is 5.92 Å². The number of hydrogen-bond donors (Lipinski definition) is 1. The van der Waals surface area contributed by atoms with Crippen molar-refractivity contribution in [1.82, 2.24) is 19.6 Å². The van der Waals surface area contributed by atoms with Crippen LogP contribution >= 0.6 is 0 Å². The van der Waals surface area contributed by atoms with Gasteiger partial charge < -0.3 is 19.8 Å². The van der Waals surface area contributed by atoms with Crippen molar-refractivity contribution in [2.45, 2.75) is 38.1 Å². The lowest BCUT2D eigenvalue weighted by atomic mass is 9.92. The number of piperazine rings is 1. The molecule has 7 heteroatoms. The molecule has 0 aromatic carbocycles. The quantitative estimate of drug-likeness (QED) is 0.749. The van der Waals surface area contributed by atoms with Crippen LogP contribution < -0.4 is 0 Å². The average Bonchev–Trinajstić information content (AvgIpc) is 2.68. The van der Waals surface area contributed by atoms with E-state index >= 15 is 0 Å². The predicted molar refractivity (Wildman–Crippen MR) is 99.7 cm³/mol. The second-order valence-electron chi connectivity index (χ2n) is 8.05. The van der Waals surface area contributed by atoms with Crippen molar-refractivity contribution in [3.8, 4) is 0 Å². The lowest BCUT2D eigenvalue weighted by Crippen LogP contribution is -2.54. The van der Waals surface area contributed by atoms with Crippen LogP contribution in [0.25, 0.3) is 0 Å². The van der Waals surface area contributed by atoms with Gasteiger partial charge in [-0.15, -0.1) is 0 Å². The Kier molecular flexibility index (Phi) is 6.89. The second-order valence-corrected chi connectivity index (χ2v) is 8.05. The van der Waals surface area contributed by atoms with E-state index in [0.29, 0.717) is 11.9 Å². The molecule has 0 spiro atoms. The summed E-state index contributed by atoms with van der Waals surface area (Å²) >= 11 is 0. The number of piperidine rings is 2. The number of aliphatic hydroxyl groups is 1. The van der Waals surface area contributed by atoms with E-state index in [9.17, 15) is 9.59 Å². The number of rotatable bonds is 4. The van der Waals surface area contributed by atoms with Crippen LogP contribution in [-0.4, -0.2) is 109 Å². The van der Waals surface area contributed by atoms with Gasteiger partial charge in [0.1, 0.15) is 0 Å². The van der Waals surface area contributed by atoms with Gasteiger partial charge in [-0.1, -0.05) is 0 Å². The summed E-state index contributed by atoms with van der Waals surface area (Å²) in [5.74, 6) is 0.548. The minimum atomic E-state index is -0.0685. The van der Waals surface area contributed by atoms with Crippen molar-refractivity contribution in [1.29, 1.82) is 0 Å². The van der Waals surface area contributed by atoms with E-state index in [1.54, 1.807) is 0 Å². The summed E-state index contributed by atoms with van der Waals surface area (Å²) in [4.78, 5) is 33.5. The number of likely N-dealkylation sites (N-methyl/N-ethyl adjacent to an activating group) is 1. The zero-order valence-corrected chi connectivity index (χ0v) is 16.1. The molecule has 3 rings (SSSR count). The van der Waals surface area contributed by atoms with Crippen molar-refractivity contribution in [3.05, 3.63) is 0 Å². The van der Waals surface area contributed by atoms with Gasteiger partial charge in [0.05, 0.1) is 12.5 Å². The molecule has 0 bridgehead atoms. The molecule has 148 valence electrons. The SMILES string of the molecule is CN1CCN(C(=O)C2CCCN(C3CCN(C(=O)CCO)CC3)C2)CC1. The number of carbonyl (C=O) groups excluding carboxylic acids is 2. The van der Waals surface area contributed by atoms with Gasteiger partial charge in [0.2, 0.25) is 11.8 Å². The summed E-state index contributed by atoms with van der Waals surface area (Å²) in [6.45, 7) is 7.09. The highest BCUT2D eigenvalue weighted by atomic mass is 16.3. The Morgan fingerprint density at radius 2 is 1.62 bits per heavy atom. The molecule has 3 saturated heterocycles. The molecule has 0 radical (unpaired) electrons. The Bertz CT molecular complexity index is 485. The molecule has 0 saturated carbocycles. The van der Waals surface area contributed by atoms with Crippen LogP contribution in [-0.2, 0) is 9.59 Å². The van der Waals surface area contributed by atoms with Gasteiger partial charge in [0.25, 0.3) is 0 Å². The second kappa shape index (κ2) is 9.15. The molecule has 3 aliphatic rings. The number of hydrogen-bond acceptors (Lipinski definition) is 5. The Labute approximate surface area is 156 Å². The van der Waals surface area contributed by atoms with E-state index in [4.69, 9.17) is 5.11 Å². The summed E-state index contributed by atoms with van der Waals surface area (Å²) in [5, 5.41) is 8.93. The third-order valence-corrected chi connectivity index (χ3v) is 6.28. The first-order valence-electron chi connectivity index (χ1n) is 10.2. The number of likely N-dealkylation sites (tertiary alicyclic amines) is 2. The van der Waals surface area contributed by atoms with E-state index in [1.807, 2.05) is 4.90 Å².